The van der Waals surface area contributed by atoms with Crippen LogP contribution in [0.3, 0.4) is 0 Å². The van der Waals surface area contributed by atoms with Crippen molar-refractivity contribution in [3.63, 3.8) is 0 Å². The number of nitrogens with one attached hydrogen (secondary N) is 1. The van der Waals surface area contributed by atoms with E-state index in [0.29, 0.717) is 10.6 Å². The van der Waals surface area contributed by atoms with E-state index in [-0.39, 0.29) is 6.61 Å². The highest BCUT2D eigenvalue weighted by Gasteiger charge is 2.26. The lowest BCUT2D eigenvalue weighted by atomic mass is 10.1. The Bertz CT molecular complexity index is 675. The second kappa shape index (κ2) is 8.19. The number of hydrogen-bond acceptors (Lipinski definition) is 4. The third-order valence-electron chi connectivity index (χ3n) is 3.13. The van der Waals surface area contributed by atoms with Crippen LogP contribution >= 0.6 is 11.6 Å². The lowest BCUT2D eigenvalue weighted by molar-refractivity contribution is -0.143. The number of carbonyl (C=O) groups is 2. The van der Waals surface area contributed by atoms with E-state index in [1.165, 1.54) is 7.11 Å². The molecule has 0 radical (unpaired) electrons. The van der Waals surface area contributed by atoms with E-state index in [0.717, 1.165) is 5.56 Å². The van der Waals surface area contributed by atoms with Crippen molar-refractivity contribution in [3.05, 3.63) is 70.7 Å². The van der Waals surface area contributed by atoms with Crippen LogP contribution in [0.1, 0.15) is 17.2 Å². The molecule has 0 fully saturated rings. The molecule has 1 amide bonds. The summed E-state index contributed by atoms with van der Waals surface area (Å²) in [6.45, 7) is 0.100. The van der Waals surface area contributed by atoms with Gasteiger partial charge in [-0.2, -0.15) is 0 Å². The van der Waals surface area contributed by atoms with Crippen LogP contribution in [0.25, 0.3) is 0 Å². The van der Waals surface area contributed by atoms with Crippen molar-refractivity contribution in [2.24, 2.45) is 0 Å². The van der Waals surface area contributed by atoms with Gasteiger partial charge in [0.05, 0.1) is 7.11 Å². The first-order chi connectivity index (χ1) is 11.1. The van der Waals surface area contributed by atoms with Crippen LogP contribution in [0.15, 0.2) is 54.6 Å². The van der Waals surface area contributed by atoms with Crippen LogP contribution in [0.2, 0.25) is 5.02 Å². The van der Waals surface area contributed by atoms with Gasteiger partial charge in [-0.05, 0) is 11.6 Å². The molecular weight excluding hydrogens is 318 g/mol. The van der Waals surface area contributed by atoms with Crippen LogP contribution in [0.4, 0.5) is 4.79 Å². The number of esters is 1. The predicted molar refractivity (Wildman–Crippen MR) is 86.0 cm³/mol. The minimum atomic E-state index is -1.03. The molecule has 0 aromatic heterocycles. The van der Waals surface area contributed by atoms with Crippen molar-refractivity contribution in [1.82, 2.24) is 5.32 Å². The molecule has 1 N–H and O–H groups in total. The maximum atomic E-state index is 11.9. The zero-order valence-corrected chi connectivity index (χ0v) is 13.2. The van der Waals surface area contributed by atoms with E-state index in [9.17, 15) is 9.59 Å². The maximum absolute atomic E-state index is 11.9. The van der Waals surface area contributed by atoms with E-state index < -0.39 is 18.1 Å². The van der Waals surface area contributed by atoms with Crippen LogP contribution in [-0.2, 0) is 20.9 Å². The minimum Gasteiger partial charge on any atom is -0.467 e. The zero-order chi connectivity index (χ0) is 16.7. The second-order valence-electron chi connectivity index (χ2n) is 4.68. The Balaban J connectivity index is 2.05. The summed E-state index contributed by atoms with van der Waals surface area (Å²) in [4.78, 5) is 23.9. The van der Waals surface area contributed by atoms with Crippen molar-refractivity contribution in [3.8, 4) is 0 Å². The van der Waals surface area contributed by atoms with Crippen molar-refractivity contribution in [2.45, 2.75) is 12.6 Å². The molecule has 0 spiro atoms. The number of methoxy groups -OCH3 is 1. The van der Waals surface area contributed by atoms with Crippen LogP contribution in [0, 0.1) is 0 Å². The van der Waals surface area contributed by atoms with Crippen molar-refractivity contribution in [2.75, 3.05) is 7.11 Å². The fraction of sp³-hybridized carbons (Fsp3) is 0.176. The average molecular weight is 334 g/mol. The molecule has 2 aromatic rings. The minimum absolute atomic E-state index is 0.100. The average Bonchev–Trinajstić information content (AvgIpc) is 2.59. The Morgan fingerprint density at radius 2 is 1.74 bits per heavy atom. The molecule has 2 aromatic carbocycles. The van der Waals surface area contributed by atoms with Gasteiger partial charge in [0, 0.05) is 10.6 Å². The highest BCUT2D eigenvalue weighted by molar-refractivity contribution is 6.31. The SMILES string of the molecule is COC(=O)C(NC(=O)OCc1ccccc1)c1ccccc1Cl. The third-order valence-corrected chi connectivity index (χ3v) is 3.47. The molecule has 120 valence electrons. The summed E-state index contributed by atoms with van der Waals surface area (Å²) in [6.07, 6.45) is -0.732. The van der Waals surface area contributed by atoms with Crippen LogP contribution < -0.4 is 5.32 Å². The monoisotopic (exact) mass is 333 g/mol. The molecular formula is C17H16ClNO4. The molecule has 23 heavy (non-hydrogen) atoms. The van der Waals surface area contributed by atoms with Crippen molar-refractivity contribution in [1.29, 1.82) is 0 Å². The Hall–Kier alpha value is -2.53. The third kappa shape index (κ3) is 4.72. The number of ether oxygens (including phenoxy) is 2. The summed E-state index contributed by atoms with van der Waals surface area (Å²) in [5.74, 6) is -0.630. The molecule has 2 rings (SSSR count). The van der Waals surface area contributed by atoms with E-state index in [1.807, 2.05) is 30.3 Å². The zero-order valence-electron chi connectivity index (χ0n) is 12.5. The number of rotatable bonds is 5. The Kier molecular flexibility index (Phi) is 6.00. The molecule has 0 aliphatic heterocycles. The number of hydrogen-bond donors (Lipinski definition) is 1. The van der Waals surface area contributed by atoms with E-state index in [1.54, 1.807) is 24.3 Å². The Morgan fingerprint density at radius 1 is 1.09 bits per heavy atom. The highest BCUT2D eigenvalue weighted by Crippen LogP contribution is 2.23. The van der Waals surface area contributed by atoms with Gasteiger partial charge in [0.1, 0.15) is 6.61 Å². The van der Waals surface area contributed by atoms with E-state index in [4.69, 9.17) is 21.1 Å². The first-order valence-electron chi connectivity index (χ1n) is 6.91. The first kappa shape index (κ1) is 16.8. The van der Waals surface area contributed by atoms with Crippen molar-refractivity contribution < 1.29 is 19.1 Å². The number of alkyl carbamates (subject to hydrolysis) is 1. The van der Waals surface area contributed by atoms with Gasteiger partial charge in [0.25, 0.3) is 0 Å². The topological polar surface area (TPSA) is 64.6 Å². The summed E-state index contributed by atoms with van der Waals surface area (Å²) < 4.78 is 9.83. The number of benzene rings is 2. The van der Waals surface area contributed by atoms with Crippen LogP contribution in [0.5, 0.6) is 0 Å². The molecule has 0 bridgehead atoms. The smallest absolute Gasteiger partial charge is 0.408 e. The number of amides is 1. The van der Waals surface area contributed by atoms with Crippen LogP contribution in [-0.4, -0.2) is 19.2 Å². The molecule has 0 aliphatic rings. The van der Waals surface area contributed by atoms with E-state index in [2.05, 4.69) is 5.32 Å². The summed E-state index contributed by atoms with van der Waals surface area (Å²) in [6, 6.07) is 14.9. The molecule has 1 unspecified atom stereocenters. The predicted octanol–water partition coefficient (Wildman–Crippen LogP) is 3.48. The highest BCUT2D eigenvalue weighted by atomic mass is 35.5. The van der Waals surface area contributed by atoms with E-state index >= 15 is 0 Å². The largest absolute Gasteiger partial charge is 0.467 e. The van der Waals surface area contributed by atoms with Gasteiger partial charge in [-0.1, -0.05) is 60.1 Å². The van der Waals surface area contributed by atoms with Crippen molar-refractivity contribution >= 4 is 23.7 Å². The van der Waals surface area contributed by atoms with Gasteiger partial charge >= 0.3 is 12.1 Å². The summed E-state index contributed by atoms with van der Waals surface area (Å²) >= 11 is 6.08. The molecule has 0 heterocycles. The summed E-state index contributed by atoms with van der Waals surface area (Å²) in [5, 5.41) is 2.83. The quantitative estimate of drug-likeness (QED) is 0.851. The molecule has 0 saturated heterocycles. The maximum Gasteiger partial charge on any atom is 0.408 e. The van der Waals surface area contributed by atoms with Gasteiger partial charge < -0.3 is 14.8 Å². The fourth-order valence-corrected chi connectivity index (χ4v) is 2.22. The van der Waals surface area contributed by atoms with Gasteiger partial charge in [-0.3, -0.25) is 0 Å². The van der Waals surface area contributed by atoms with Gasteiger partial charge in [0.15, 0.2) is 6.04 Å². The normalized spacial score (nSPS) is 11.4. The van der Waals surface area contributed by atoms with Gasteiger partial charge in [0.2, 0.25) is 0 Å². The Labute approximate surface area is 139 Å². The molecule has 1 atom stereocenters. The lowest BCUT2D eigenvalue weighted by Gasteiger charge is -2.17. The standard InChI is InChI=1S/C17H16ClNO4/c1-22-16(20)15(13-9-5-6-10-14(13)18)19-17(21)23-11-12-7-3-2-4-8-12/h2-10,15H,11H2,1H3,(H,19,21). The van der Waals surface area contributed by atoms with Gasteiger partial charge in [-0.15, -0.1) is 0 Å². The Morgan fingerprint density at radius 3 is 2.39 bits per heavy atom. The molecule has 6 heteroatoms. The molecule has 0 saturated carbocycles. The summed E-state index contributed by atoms with van der Waals surface area (Å²) in [5.41, 5.74) is 1.28. The number of halogens is 1. The number of carbonyl (C=O) groups excluding carboxylic acids is 2. The second-order valence-corrected chi connectivity index (χ2v) is 5.09. The summed E-state index contributed by atoms with van der Waals surface area (Å²) in [7, 11) is 1.24. The molecule has 5 nitrogen and oxygen atoms in total. The fourth-order valence-electron chi connectivity index (χ4n) is 1.97. The molecule has 0 aliphatic carbocycles. The first-order valence-corrected chi connectivity index (χ1v) is 7.29. The van der Waals surface area contributed by atoms with Gasteiger partial charge in [-0.25, -0.2) is 9.59 Å². The lowest BCUT2D eigenvalue weighted by Crippen LogP contribution is -2.35.